The molecule has 15 heteroatoms. The van der Waals surface area contributed by atoms with E-state index in [1.807, 2.05) is 6.07 Å². The number of nitriles is 1. The lowest BCUT2D eigenvalue weighted by atomic mass is 9.71. The van der Waals surface area contributed by atoms with Gasteiger partial charge in [-0.1, -0.05) is 6.92 Å². The predicted molar refractivity (Wildman–Crippen MR) is 176 cm³/mol. The van der Waals surface area contributed by atoms with Crippen molar-refractivity contribution in [2.75, 3.05) is 43.9 Å². The molecule has 3 aromatic rings. The molecule has 1 aliphatic carbocycles. The summed E-state index contributed by atoms with van der Waals surface area (Å²) in [5.74, 6) is 0.685. The second-order valence-electron chi connectivity index (χ2n) is 13.2. The second kappa shape index (κ2) is 11.4. The third-order valence-corrected chi connectivity index (χ3v) is 13.4. The maximum absolute atomic E-state index is 12.3. The van der Waals surface area contributed by atoms with Crippen LogP contribution in [-0.4, -0.2) is 78.6 Å². The summed E-state index contributed by atoms with van der Waals surface area (Å²) in [4.78, 5) is 16.5. The number of nitrogens with zero attached hydrogens (tertiary/aromatic N) is 6. The molecule has 4 aliphatic rings. The summed E-state index contributed by atoms with van der Waals surface area (Å²) in [6.07, 6.45) is 6.48. The highest BCUT2D eigenvalue weighted by Gasteiger charge is 2.45. The summed E-state index contributed by atoms with van der Waals surface area (Å²) in [7, 11) is -1.39. The van der Waals surface area contributed by atoms with Gasteiger partial charge in [-0.05, 0) is 88.6 Å². The lowest BCUT2D eigenvalue weighted by Crippen LogP contribution is -2.56. The van der Waals surface area contributed by atoms with Crippen molar-refractivity contribution in [3.05, 3.63) is 33.0 Å². The molecule has 7 rings (SSSR count). The number of thiophene rings is 1. The summed E-state index contributed by atoms with van der Waals surface area (Å²) in [5.41, 5.74) is 8.33. The molecular formula is C30H39N9O3S3. The number of hydrogen-bond acceptors (Lipinski definition) is 12. The van der Waals surface area contributed by atoms with E-state index in [-0.39, 0.29) is 23.6 Å². The van der Waals surface area contributed by atoms with Crippen LogP contribution in [0.1, 0.15) is 73.3 Å². The Morgan fingerprint density at radius 3 is 2.78 bits per heavy atom. The standard InChI is InChI=1S/C30H39N9O3S3/c1-18(22-7-5-11-38(22)3)42-28-34-20(14-25(35-28)39-12-6-10-30(17-39)16-33-45(40,41)37-30)21-13-24(44-36-21)29(2)9-4-8-23-26(29)19(15-31)27(32)43-23/h13-14,18,22,33,37H,4-12,16-17,32H2,1-3H3/t18-,22-,29?,30?/m0/s1. The molecular weight excluding hydrogens is 631 g/mol. The van der Waals surface area contributed by atoms with E-state index in [1.165, 1.54) is 27.7 Å². The fourth-order valence-electron chi connectivity index (χ4n) is 7.68. The first-order valence-electron chi connectivity index (χ1n) is 15.6. The second-order valence-corrected chi connectivity index (χ2v) is 16.6. The Morgan fingerprint density at radius 1 is 1.20 bits per heavy atom. The van der Waals surface area contributed by atoms with Gasteiger partial charge in [0.15, 0.2) is 0 Å². The number of piperidine rings is 1. The summed E-state index contributed by atoms with van der Waals surface area (Å²) >= 11 is 2.97. The highest BCUT2D eigenvalue weighted by Crippen LogP contribution is 2.50. The van der Waals surface area contributed by atoms with E-state index in [0.717, 1.165) is 74.2 Å². The minimum Gasteiger partial charge on any atom is -0.459 e. The van der Waals surface area contributed by atoms with Gasteiger partial charge in [-0.15, -0.1) is 11.3 Å². The molecule has 240 valence electrons. The van der Waals surface area contributed by atoms with Gasteiger partial charge in [0.2, 0.25) is 0 Å². The third-order valence-electron chi connectivity index (χ3n) is 10.0. The van der Waals surface area contributed by atoms with Crippen LogP contribution in [0.3, 0.4) is 0 Å². The van der Waals surface area contributed by atoms with Gasteiger partial charge in [-0.2, -0.15) is 32.7 Å². The van der Waals surface area contributed by atoms with Gasteiger partial charge in [0.05, 0.1) is 16.8 Å². The number of ether oxygens (including phenoxy) is 1. The lowest BCUT2D eigenvalue weighted by molar-refractivity contribution is 0.112. The third kappa shape index (κ3) is 5.59. The fourth-order valence-corrected chi connectivity index (χ4v) is 11.1. The number of fused-ring (bicyclic) bond motifs is 1. The van der Waals surface area contributed by atoms with Crippen LogP contribution < -0.4 is 24.8 Å². The van der Waals surface area contributed by atoms with Gasteiger partial charge >= 0.3 is 6.01 Å². The average molecular weight is 670 g/mol. The molecule has 0 saturated carbocycles. The zero-order chi connectivity index (χ0) is 31.6. The monoisotopic (exact) mass is 669 g/mol. The van der Waals surface area contributed by atoms with Crippen LogP contribution in [0.5, 0.6) is 6.01 Å². The van der Waals surface area contributed by atoms with E-state index in [1.54, 1.807) is 0 Å². The van der Waals surface area contributed by atoms with Gasteiger partial charge in [0.1, 0.15) is 28.7 Å². The molecule has 0 amide bonds. The quantitative estimate of drug-likeness (QED) is 0.355. The molecule has 45 heavy (non-hydrogen) atoms. The van der Waals surface area contributed by atoms with Crippen molar-refractivity contribution in [3.63, 3.8) is 0 Å². The minimum atomic E-state index is -3.51. The van der Waals surface area contributed by atoms with Gasteiger partial charge < -0.3 is 15.4 Å². The van der Waals surface area contributed by atoms with Crippen LogP contribution >= 0.6 is 22.9 Å². The number of anilines is 2. The van der Waals surface area contributed by atoms with Crippen LogP contribution in [0.15, 0.2) is 12.1 Å². The highest BCUT2D eigenvalue weighted by atomic mass is 32.2. The van der Waals surface area contributed by atoms with Crippen LogP contribution in [-0.2, 0) is 22.0 Å². The van der Waals surface area contributed by atoms with E-state index in [2.05, 4.69) is 52.3 Å². The topological polar surface area (TPSA) is 162 Å². The maximum atomic E-state index is 12.3. The number of nitrogens with two attached hydrogens (primary N) is 1. The van der Waals surface area contributed by atoms with Gasteiger partial charge in [-0.25, -0.2) is 4.72 Å². The molecule has 3 fully saturated rings. The van der Waals surface area contributed by atoms with E-state index < -0.39 is 15.7 Å². The first kappa shape index (κ1) is 30.8. The first-order chi connectivity index (χ1) is 21.5. The van der Waals surface area contributed by atoms with Crippen molar-refractivity contribution in [1.29, 1.82) is 5.26 Å². The van der Waals surface area contributed by atoms with Crippen molar-refractivity contribution < 1.29 is 13.2 Å². The number of likely N-dealkylation sites (tertiary alicyclic amines) is 1. The Hall–Kier alpha value is -2.87. The number of rotatable bonds is 6. The molecule has 3 saturated heterocycles. The molecule has 2 unspecified atom stereocenters. The normalized spacial score (nSPS) is 28.7. The van der Waals surface area contributed by atoms with Crippen molar-refractivity contribution in [2.24, 2.45) is 0 Å². The molecule has 6 heterocycles. The van der Waals surface area contributed by atoms with E-state index in [9.17, 15) is 13.7 Å². The van der Waals surface area contributed by atoms with Gasteiger partial charge in [0, 0.05) is 46.9 Å². The molecule has 4 N–H and O–H groups in total. The van der Waals surface area contributed by atoms with Crippen molar-refractivity contribution >= 4 is 43.9 Å². The van der Waals surface area contributed by atoms with Crippen LogP contribution in [0, 0.1) is 11.3 Å². The molecule has 12 nitrogen and oxygen atoms in total. The van der Waals surface area contributed by atoms with E-state index in [4.69, 9.17) is 24.8 Å². The molecule has 0 bridgehead atoms. The van der Waals surface area contributed by atoms with Gasteiger partial charge in [0.25, 0.3) is 10.2 Å². The highest BCUT2D eigenvalue weighted by molar-refractivity contribution is 7.87. The number of hydrogen-bond donors (Lipinski definition) is 3. The number of aryl methyl sites for hydroxylation is 1. The van der Waals surface area contributed by atoms with Crippen LogP contribution in [0.4, 0.5) is 10.8 Å². The smallest absolute Gasteiger partial charge is 0.319 e. The molecule has 3 aromatic heterocycles. The lowest BCUT2D eigenvalue weighted by Gasteiger charge is -2.39. The molecule has 4 atom stereocenters. The Bertz CT molecular complexity index is 1770. The Balaban J connectivity index is 1.25. The van der Waals surface area contributed by atoms with E-state index in [0.29, 0.717) is 35.2 Å². The molecule has 1 spiro atoms. The molecule has 0 radical (unpaired) electrons. The zero-order valence-electron chi connectivity index (χ0n) is 25.8. The maximum Gasteiger partial charge on any atom is 0.319 e. The molecule has 0 aromatic carbocycles. The number of aromatic nitrogens is 3. The molecule has 3 aliphatic heterocycles. The predicted octanol–water partition coefficient (Wildman–Crippen LogP) is 3.40. The Labute approximate surface area is 272 Å². The number of likely N-dealkylation sites (N-methyl/N-ethyl adjacent to an activating group) is 1. The zero-order valence-corrected chi connectivity index (χ0v) is 28.2. The van der Waals surface area contributed by atoms with Crippen LogP contribution in [0.25, 0.3) is 11.4 Å². The summed E-state index contributed by atoms with van der Waals surface area (Å²) < 4.78 is 41.3. The SMILES string of the molecule is C[C@H](Oc1nc(-c2cc(C3(C)CCCc4sc(N)c(C#N)c43)sn2)cc(N2CCCC3(CNS(=O)(=O)N3)C2)n1)[C@@H]1CCCN1C. The van der Waals surface area contributed by atoms with Gasteiger partial charge in [-0.3, -0.25) is 4.90 Å². The van der Waals surface area contributed by atoms with Crippen LogP contribution in [0.2, 0.25) is 0 Å². The van der Waals surface area contributed by atoms with Crippen molar-refractivity contribution in [1.82, 2.24) is 28.7 Å². The Kier molecular flexibility index (Phi) is 7.81. The summed E-state index contributed by atoms with van der Waals surface area (Å²) in [5, 5.41) is 10.6. The summed E-state index contributed by atoms with van der Waals surface area (Å²) in [6.45, 7) is 6.86. The minimum absolute atomic E-state index is 0.113. The largest absolute Gasteiger partial charge is 0.459 e. The fraction of sp³-hybridized carbons (Fsp3) is 0.600. The number of nitrogen functional groups attached to an aromatic ring is 1. The van der Waals surface area contributed by atoms with Crippen molar-refractivity contribution in [2.45, 2.75) is 81.9 Å². The van der Waals surface area contributed by atoms with E-state index >= 15 is 0 Å². The van der Waals surface area contributed by atoms with Crippen molar-refractivity contribution in [3.8, 4) is 23.5 Å². The first-order valence-corrected chi connectivity index (χ1v) is 18.7. The number of nitrogens with one attached hydrogen (secondary N) is 2. The average Bonchev–Trinajstić information content (AvgIpc) is 3.79. The summed E-state index contributed by atoms with van der Waals surface area (Å²) in [6, 6.07) is 6.95. The Morgan fingerprint density at radius 2 is 2.04 bits per heavy atom.